The molecule has 0 radical (unpaired) electrons. The number of carbonyl (C=O) groups excluding carboxylic acids is 2. The first kappa shape index (κ1) is 12.7. The molecule has 1 aliphatic rings. The lowest BCUT2D eigenvalue weighted by Crippen LogP contribution is -2.23. The summed E-state index contributed by atoms with van der Waals surface area (Å²) in [4.78, 5) is 23.6. The van der Waals surface area contributed by atoms with Gasteiger partial charge in [-0.3, -0.25) is 14.1 Å². The first-order valence-electron chi connectivity index (χ1n) is 5.70. The van der Waals surface area contributed by atoms with Gasteiger partial charge in [0, 0.05) is 5.56 Å². The van der Waals surface area contributed by atoms with E-state index in [1.165, 1.54) is 12.1 Å². The summed E-state index contributed by atoms with van der Waals surface area (Å²) >= 11 is 0. The van der Waals surface area contributed by atoms with Crippen LogP contribution in [0.3, 0.4) is 0 Å². The van der Waals surface area contributed by atoms with E-state index in [2.05, 4.69) is 0 Å². The van der Waals surface area contributed by atoms with Crippen LogP contribution in [0.1, 0.15) is 20.7 Å². The topological polar surface area (TPSA) is 88.5 Å². The van der Waals surface area contributed by atoms with E-state index in [9.17, 15) is 22.6 Å². The van der Waals surface area contributed by atoms with Gasteiger partial charge in [0.25, 0.3) is 10.1 Å². The van der Waals surface area contributed by atoms with Gasteiger partial charge in [-0.2, -0.15) is 8.42 Å². The van der Waals surface area contributed by atoms with Gasteiger partial charge >= 0.3 is 0 Å². The summed E-state index contributed by atoms with van der Waals surface area (Å²) in [7, 11) is -4.58. The Morgan fingerprint density at radius 2 is 1.35 bits per heavy atom. The van der Waals surface area contributed by atoms with Gasteiger partial charge in [0.1, 0.15) is 4.90 Å². The second-order valence-corrected chi connectivity index (χ2v) is 5.75. The minimum absolute atomic E-state index is 0.234. The number of Topliss-reactive ketones (excluding diaryl/α,β-unsaturated/α-hetero) is 2. The number of rotatable bonds is 1. The first-order valence-corrected chi connectivity index (χ1v) is 7.14. The summed E-state index contributed by atoms with van der Waals surface area (Å²) in [5.74, 6) is -1.70. The molecular formula is C14H8O5S. The Morgan fingerprint density at radius 1 is 0.750 bits per heavy atom. The highest BCUT2D eigenvalue weighted by Gasteiger charge is 2.34. The maximum atomic E-state index is 12.1. The molecule has 1 aliphatic carbocycles. The smallest absolute Gasteiger partial charge is 0.285 e. The average molecular weight is 288 g/mol. The van der Waals surface area contributed by atoms with E-state index in [4.69, 9.17) is 0 Å². The van der Waals surface area contributed by atoms with Gasteiger partial charge in [-0.25, -0.2) is 0 Å². The number of hydrogen-bond donors (Lipinski definition) is 1. The Balaban J connectivity index is 2.47. The number of benzene rings is 2. The third-order valence-electron chi connectivity index (χ3n) is 3.20. The second kappa shape index (κ2) is 4.09. The van der Waals surface area contributed by atoms with Crippen LogP contribution >= 0.6 is 0 Å². The Kier molecular flexibility index (Phi) is 2.60. The molecule has 5 nitrogen and oxygen atoms in total. The van der Waals surface area contributed by atoms with Crippen LogP contribution in [0.15, 0.2) is 47.4 Å². The van der Waals surface area contributed by atoms with Gasteiger partial charge in [-0.05, 0) is 17.2 Å². The van der Waals surface area contributed by atoms with E-state index in [0.717, 1.165) is 6.07 Å². The van der Waals surface area contributed by atoms with Crippen molar-refractivity contribution < 1.29 is 22.6 Å². The van der Waals surface area contributed by atoms with Crippen molar-refractivity contribution in [2.24, 2.45) is 0 Å². The fourth-order valence-electron chi connectivity index (χ4n) is 2.36. The zero-order chi connectivity index (χ0) is 14.5. The van der Waals surface area contributed by atoms with Crippen molar-refractivity contribution in [1.29, 1.82) is 0 Å². The van der Waals surface area contributed by atoms with Gasteiger partial charge in [-0.15, -0.1) is 0 Å². The molecule has 0 fully saturated rings. The van der Waals surface area contributed by atoms with Crippen LogP contribution in [0.2, 0.25) is 0 Å². The average Bonchev–Trinajstić information content (AvgIpc) is 2.43. The summed E-state index contributed by atoms with van der Waals surface area (Å²) in [5, 5.41) is 0. The van der Waals surface area contributed by atoms with Gasteiger partial charge < -0.3 is 0 Å². The van der Waals surface area contributed by atoms with E-state index in [1.54, 1.807) is 24.3 Å². The minimum atomic E-state index is -4.58. The highest BCUT2D eigenvalue weighted by atomic mass is 32.2. The van der Waals surface area contributed by atoms with E-state index in [-0.39, 0.29) is 11.1 Å². The Bertz CT molecular complexity index is 865. The quantitative estimate of drug-likeness (QED) is 0.640. The van der Waals surface area contributed by atoms with Crippen LogP contribution < -0.4 is 0 Å². The number of carbonyl (C=O) groups is 2. The standard InChI is InChI=1S/C14H8O5S/c15-13-10-5-2-1-4-8(10)9-6-3-7-11(20(17,18)19)12(9)14(13)16/h1-7H,(H,17,18,19). The molecule has 0 saturated heterocycles. The monoisotopic (exact) mass is 288 g/mol. The third-order valence-corrected chi connectivity index (χ3v) is 4.10. The van der Waals surface area contributed by atoms with Gasteiger partial charge in [0.2, 0.25) is 11.6 Å². The van der Waals surface area contributed by atoms with Gasteiger partial charge in [0.15, 0.2) is 0 Å². The molecule has 0 saturated carbocycles. The van der Waals surface area contributed by atoms with Crippen LogP contribution in [0.5, 0.6) is 0 Å². The molecule has 0 bridgehead atoms. The number of fused-ring (bicyclic) bond motifs is 3. The van der Waals surface area contributed by atoms with E-state index in [0.29, 0.717) is 11.1 Å². The Labute approximate surface area is 114 Å². The van der Waals surface area contributed by atoms with E-state index < -0.39 is 26.6 Å². The van der Waals surface area contributed by atoms with Crippen LogP contribution in [0, 0.1) is 0 Å². The lowest BCUT2D eigenvalue weighted by molar-refractivity contribution is 0.0813. The summed E-state index contributed by atoms with van der Waals surface area (Å²) in [6.45, 7) is 0. The van der Waals surface area contributed by atoms with Crippen LogP contribution in [-0.2, 0) is 10.1 Å². The summed E-state index contributed by atoms with van der Waals surface area (Å²) in [5.41, 5.74) is 0.786. The molecule has 20 heavy (non-hydrogen) atoms. The first-order chi connectivity index (χ1) is 9.41. The van der Waals surface area contributed by atoms with E-state index >= 15 is 0 Å². The third kappa shape index (κ3) is 1.70. The number of ketones is 2. The highest BCUT2D eigenvalue weighted by molar-refractivity contribution is 7.86. The molecule has 0 heterocycles. The predicted octanol–water partition coefficient (Wildman–Crippen LogP) is 1.98. The molecule has 6 heteroatoms. The summed E-state index contributed by atoms with van der Waals surface area (Å²) < 4.78 is 31.9. The fraction of sp³-hybridized carbons (Fsp3) is 0. The zero-order valence-corrected chi connectivity index (χ0v) is 10.8. The van der Waals surface area contributed by atoms with Crippen molar-refractivity contribution >= 4 is 21.7 Å². The largest absolute Gasteiger partial charge is 0.295 e. The normalized spacial score (nSPS) is 13.8. The SMILES string of the molecule is O=C1C(=O)c2c(cccc2S(=O)(=O)O)-c2ccccc21. The summed E-state index contributed by atoms with van der Waals surface area (Å²) in [6, 6.07) is 10.5. The Hall–Kier alpha value is -2.31. The fourth-order valence-corrected chi connectivity index (χ4v) is 3.07. The van der Waals surface area contributed by atoms with Gasteiger partial charge in [-0.1, -0.05) is 36.4 Å². The van der Waals surface area contributed by atoms with Crippen LogP contribution in [0.25, 0.3) is 11.1 Å². The molecule has 0 aromatic heterocycles. The lowest BCUT2D eigenvalue weighted by atomic mass is 9.84. The van der Waals surface area contributed by atoms with Crippen LogP contribution in [0.4, 0.5) is 0 Å². The van der Waals surface area contributed by atoms with Crippen LogP contribution in [-0.4, -0.2) is 24.5 Å². The highest BCUT2D eigenvalue weighted by Crippen LogP contribution is 2.36. The minimum Gasteiger partial charge on any atom is -0.285 e. The maximum Gasteiger partial charge on any atom is 0.295 e. The van der Waals surface area contributed by atoms with Crippen molar-refractivity contribution in [2.75, 3.05) is 0 Å². The van der Waals surface area contributed by atoms with Crippen molar-refractivity contribution in [3.8, 4) is 11.1 Å². The zero-order valence-electron chi connectivity index (χ0n) is 10.0. The molecular weight excluding hydrogens is 280 g/mol. The van der Waals surface area contributed by atoms with Crippen molar-refractivity contribution in [2.45, 2.75) is 4.90 Å². The molecule has 2 aromatic rings. The molecule has 0 unspecified atom stereocenters. The van der Waals surface area contributed by atoms with Crippen molar-refractivity contribution in [1.82, 2.24) is 0 Å². The maximum absolute atomic E-state index is 12.1. The Morgan fingerprint density at radius 3 is 2.00 bits per heavy atom. The van der Waals surface area contributed by atoms with Crippen molar-refractivity contribution in [3.63, 3.8) is 0 Å². The lowest BCUT2D eigenvalue weighted by Gasteiger charge is -2.19. The number of hydrogen-bond acceptors (Lipinski definition) is 4. The molecule has 0 amide bonds. The molecule has 0 spiro atoms. The summed E-state index contributed by atoms with van der Waals surface area (Å²) in [6.07, 6.45) is 0. The molecule has 0 aliphatic heterocycles. The molecule has 0 atom stereocenters. The van der Waals surface area contributed by atoms with Crippen molar-refractivity contribution in [3.05, 3.63) is 53.6 Å². The second-order valence-electron chi connectivity index (χ2n) is 4.36. The van der Waals surface area contributed by atoms with E-state index in [1.807, 2.05) is 0 Å². The predicted molar refractivity (Wildman–Crippen MR) is 70.4 cm³/mol. The molecule has 1 N–H and O–H groups in total. The van der Waals surface area contributed by atoms with Gasteiger partial charge in [0.05, 0.1) is 5.56 Å². The molecule has 100 valence electrons. The molecule has 2 aromatic carbocycles. The molecule has 3 rings (SSSR count).